The highest BCUT2D eigenvalue weighted by atomic mass is 32.2. The van der Waals surface area contributed by atoms with Crippen molar-refractivity contribution < 1.29 is 34.9 Å². The van der Waals surface area contributed by atoms with E-state index in [1.807, 2.05) is 0 Å². The summed E-state index contributed by atoms with van der Waals surface area (Å²) in [5.74, 6) is -12.6. The molecule has 90 valence electrons. The second kappa shape index (κ2) is 4.67. The van der Waals surface area contributed by atoms with Crippen LogP contribution in [0.25, 0.3) is 0 Å². The highest BCUT2D eigenvalue weighted by molar-refractivity contribution is 7.85. The first-order chi connectivity index (χ1) is 6.68. The molecule has 0 aromatic heterocycles. The molecule has 1 aromatic carbocycles. The minimum Gasteiger partial charge on any atom is -0.282 e. The maximum atomic E-state index is 12.6. The van der Waals surface area contributed by atoms with Gasteiger partial charge in [0.05, 0.1) is 0 Å². The molecule has 0 bridgehead atoms. The van der Waals surface area contributed by atoms with Crippen LogP contribution in [0.4, 0.5) is 22.0 Å². The molecule has 0 saturated heterocycles. The van der Waals surface area contributed by atoms with Gasteiger partial charge in [-0.3, -0.25) is 4.55 Å². The van der Waals surface area contributed by atoms with Crippen molar-refractivity contribution in [1.82, 2.24) is 0 Å². The van der Waals surface area contributed by atoms with Crippen molar-refractivity contribution in [1.29, 1.82) is 0 Å². The summed E-state index contributed by atoms with van der Waals surface area (Å²) in [4.78, 5) is -2.26. The lowest BCUT2D eigenvalue weighted by Gasteiger charge is -2.04. The van der Waals surface area contributed by atoms with Gasteiger partial charge in [0.15, 0.2) is 45.5 Å². The summed E-state index contributed by atoms with van der Waals surface area (Å²) in [6, 6.07) is 0. The Morgan fingerprint density at radius 3 is 1.25 bits per heavy atom. The Kier molecular flexibility index (Phi) is 4.47. The minimum atomic E-state index is -5.52. The summed E-state index contributed by atoms with van der Waals surface area (Å²) in [6.45, 7) is 0. The van der Waals surface area contributed by atoms with E-state index in [0.717, 1.165) is 0 Å². The van der Waals surface area contributed by atoms with E-state index in [4.69, 9.17) is 4.55 Å². The van der Waals surface area contributed by atoms with Crippen LogP contribution in [0, 0.1) is 29.1 Å². The number of halogens is 5. The summed E-state index contributed by atoms with van der Waals surface area (Å²) in [5.41, 5.74) is 0. The molecule has 10 heteroatoms. The zero-order valence-corrected chi connectivity index (χ0v) is 7.38. The number of hydrogen-bond donors (Lipinski definition) is 1. The molecule has 0 heterocycles. The fourth-order valence-corrected chi connectivity index (χ4v) is 1.44. The normalized spacial score (nSPS) is 11.1. The molecule has 16 heavy (non-hydrogen) atoms. The van der Waals surface area contributed by atoms with E-state index < -0.39 is 44.1 Å². The number of rotatable bonds is 1. The van der Waals surface area contributed by atoms with Crippen molar-refractivity contribution in [2.75, 3.05) is 0 Å². The van der Waals surface area contributed by atoms with Gasteiger partial charge in [-0.15, -0.1) is 0 Å². The first kappa shape index (κ1) is 15.3. The van der Waals surface area contributed by atoms with E-state index in [9.17, 15) is 30.4 Å². The van der Waals surface area contributed by atoms with Crippen LogP contribution in [0.2, 0.25) is 0 Å². The zero-order valence-electron chi connectivity index (χ0n) is 6.56. The Labute approximate surface area is 96.8 Å². The topological polar surface area (TPSA) is 54.4 Å². The third kappa shape index (κ3) is 2.35. The average molecular weight is 278 g/mol. The highest BCUT2D eigenvalue weighted by Crippen LogP contribution is 2.26. The summed E-state index contributed by atoms with van der Waals surface area (Å²) in [5, 5.41) is 0. The summed E-state index contributed by atoms with van der Waals surface area (Å²) in [6.07, 6.45) is 0. The molecule has 0 aliphatic rings. The van der Waals surface area contributed by atoms with Gasteiger partial charge in [0.1, 0.15) is 0 Å². The lowest BCUT2D eigenvalue weighted by molar-refractivity contribution is 0.352. The van der Waals surface area contributed by atoms with Crippen LogP contribution < -0.4 is 0 Å². The molecule has 1 N–H and O–H groups in total. The van der Waals surface area contributed by atoms with Crippen LogP contribution in [0.3, 0.4) is 0 Å². The Balaban J connectivity index is 0.00000225. The molecule has 0 atom stereocenters. The van der Waals surface area contributed by atoms with Gasteiger partial charge in [-0.2, -0.15) is 8.42 Å². The Morgan fingerprint density at radius 1 is 0.750 bits per heavy atom. The van der Waals surface area contributed by atoms with E-state index in [1.165, 1.54) is 0 Å². The van der Waals surface area contributed by atoms with Gasteiger partial charge >= 0.3 is 10.1 Å². The van der Waals surface area contributed by atoms with Crippen molar-refractivity contribution >= 4 is 27.5 Å². The summed E-state index contributed by atoms with van der Waals surface area (Å²) >= 11 is 0. The third-order valence-corrected chi connectivity index (χ3v) is 2.30. The second-order valence-corrected chi connectivity index (χ2v) is 3.73. The van der Waals surface area contributed by atoms with E-state index in [0.29, 0.717) is 0 Å². The molecule has 0 aliphatic heterocycles. The number of benzene rings is 1. The lowest BCUT2D eigenvalue weighted by Crippen LogP contribution is -2.11. The van der Waals surface area contributed by atoms with Gasteiger partial charge in [0.25, 0.3) is 0 Å². The largest absolute Gasteiger partial charge is 0.300 e. The fraction of sp³-hybridized carbons (Fsp3) is 0. The van der Waals surface area contributed by atoms with Gasteiger partial charge < -0.3 is 0 Å². The molecule has 0 fully saturated rings. The lowest BCUT2D eigenvalue weighted by atomic mass is 10.3. The van der Waals surface area contributed by atoms with E-state index in [2.05, 4.69) is 0 Å². The van der Waals surface area contributed by atoms with Crippen molar-refractivity contribution in [2.45, 2.75) is 4.90 Å². The monoisotopic (exact) mass is 278 g/mol. The molecular formula is C6H4AlF5O3S. The van der Waals surface area contributed by atoms with Crippen molar-refractivity contribution in [3.8, 4) is 0 Å². The molecule has 0 unspecified atom stereocenters. The molecular weight excluding hydrogens is 274 g/mol. The van der Waals surface area contributed by atoms with Crippen LogP contribution >= 0.6 is 0 Å². The quantitative estimate of drug-likeness (QED) is 0.267. The van der Waals surface area contributed by atoms with Crippen molar-refractivity contribution in [2.24, 2.45) is 0 Å². The van der Waals surface area contributed by atoms with Crippen LogP contribution in [-0.2, 0) is 10.1 Å². The third-order valence-electron chi connectivity index (χ3n) is 1.43. The van der Waals surface area contributed by atoms with Gasteiger partial charge in [-0.1, -0.05) is 0 Å². The standard InChI is InChI=1S/C6HF5O3S.Al.3H/c7-1-2(8)4(10)6(15(12,13)14)5(11)3(1)9;;;;/h(H,12,13,14);;;;. The predicted molar refractivity (Wildman–Crippen MR) is 46.0 cm³/mol. The molecule has 0 aliphatic carbocycles. The van der Waals surface area contributed by atoms with Gasteiger partial charge in [0.2, 0.25) is 5.82 Å². The maximum absolute atomic E-state index is 12.6. The predicted octanol–water partition coefficient (Wildman–Crippen LogP) is 0.445. The number of hydrogen-bond acceptors (Lipinski definition) is 2. The maximum Gasteiger partial charge on any atom is 0.300 e. The SMILES string of the molecule is O=S(=O)(O)c1c(F)c(F)c(F)c(F)c1F.[AlH3]. The molecule has 0 spiro atoms. The fourth-order valence-electron chi connectivity index (χ4n) is 0.811. The second-order valence-electron chi connectivity index (χ2n) is 2.37. The first-order valence-electron chi connectivity index (χ1n) is 3.16. The average Bonchev–Trinajstić information content (AvgIpc) is 2.09. The highest BCUT2D eigenvalue weighted by Gasteiger charge is 2.32. The molecule has 0 saturated carbocycles. The van der Waals surface area contributed by atoms with Gasteiger partial charge in [-0.05, 0) is 0 Å². The zero-order chi connectivity index (χ0) is 12.0. The van der Waals surface area contributed by atoms with Crippen LogP contribution in [0.5, 0.6) is 0 Å². The van der Waals surface area contributed by atoms with E-state index in [1.54, 1.807) is 0 Å². The Morgan fingerprint density at radius 2 is 1.00 bits per heavy atom. The van der Waals surface area contributed by atoms with Gasteiger partial charge in [-0.25, -0.2) is 22.0 Å². The van der Waals surface area contributed by atoms with Crippen LogP contribution in [0.15, 0.2) is 4.90 Å². The van der Waals surface area contributed by atoms with Crippen LogP contribution in [-0.4, -0.2) is 30.3 Å². The van der Waals surface area contributed by atoms with Crippen LogP contribution in [0.1, 0.15) is 0 Å². The van der Waals surface area contributed by atoms with Crippen molar-refractivity contribution in [3.05, 3.63) is 29.1 Å². The minimum absolute atomic E-state index is 0. The first-order valence-corrected chi connectivity index (χ1v) is 4.61. The van der Waals surface area contributed by atoms with E-state index >= 15 is 0 Å². The summed E-state index contributed by atoms with van der Waals surface area (Å²) < 4.78 is 91.3. The van der Waals surface area contributed by atoms with E-state index in [-0.39, 0.29) is 17.4 Å². The molecule has 3 nitrogen and oxygen atoms in total. The smallest absolute Gasteiger partial charge is 0.282 e. The van der Waals surface area contributed by atoms with Crippen molar-refractivity contribution in [3.63, 3.8) is 0 Å². The Bertz CT molecular complexity index is 500. The Hall–Kier alpha value is -0.688. The molecule has 0 amide bonds. The molecule has 1 aromatic rings. The summed E-state index contributed by atoms with van der Waals surface area (Å²) in [7, 11) is -5.52. The van der Waals surface area contributed by atoms with Gasteiger partial charge in [0, 0.05) is 0 Å². The molecule has 0 radical (unpaired) electrons. The molecule has 1 rings (SSSR count).